The van der Waals surface area contributed by atoms with Crippen molar-refractivity contribution >= 4 is 46.3 Å². The number of carboxylic acids is 1. The number of hydrogen-bond donors (Lipinski definition) is 2. The number of hydrogen-bond acceptors (Lipinski definition) is 4. The molecule has 0 saturated carbocycles. The molecule has 1 saturated heterocycles. The summed E-state index contributed by atoms with van der Waals surface area (Å²) in [5.74, 6) is -1.17. The van der Waals surface area contributed by atoms with Gasteiger partial charge >= 0.3 is 5.97 Å². The lowest BCUT2D eigenvalue weighted by molar-refractivity contribution is -0.115. The molecule has 110 valence electrons. The van der Waals surface area contributed by atoms with E-state index in [0.29, 0.717) is 9.23 Å². The van der Waals surface area contributed by atoms with Crippen molar-refractivity contribution in [1.82, 2.24) is 9.88 Å². The van der Waals surface area contributed by atoms with Gasteiger partial charge in [-0.25, -0.2) is 4.79 Å². The van der Waals surface area contributed by atoms with E-state index in [0.717, 1.165) is 11.4 Å². The van der Waals surface area contributed by atoms with Crippen molar-refractivity contribution in [3.8, 4) is 5.69 Å². The lowest BCUT2D eigenvalue weighted by atomic mass is 10.2. The first-order valence-corrected chi connectivity index (χ1v) is 7.53. The summed E-state index contributed by atoms with van der Waals surface area (Å²) >= 11 is 6.18. The van der Waals surface area contributed by atoms with Crippen LogP contribution in [-0.4, -0.2) is 25.9 Å². The standard InChI is InChI=1S/C15H10N2O3S2/c18-13-12(22-15(21)16-13)8-11-2-1-7-17(11)10-5-3-9(4-6-10)14(19)20/h1-8H,(H,19,20)(H,16,18,21). The second-order valence-electron chi connectivity index (χ2n) is 4.51. The molecule has 22 heavy (non-hydrogen) atoms. The molecule has 0 aliphatic carbocycles. The van der Waals surface area contributed by atoms with Crippen molar-refractivity contribution in [3.63, 3.8) is 0 Å². The predicted molar refractivity (Wildman–Crippen MR) is 89.0 cm³/mol. The Hall–Kier alpha value is -2.38. The van der Waals surface area contributed by atoms with E-state index in [4.69, 9.17) is 17.3 Å². The molecule has 1 amide bonds. The molecule has 5 nitrogen and oxygen atoms in total. The Morgan fingerprint density at radius 2 is 2.00 bits per heavy atom. The van der Waals surface area contributed by atoms with Crippen LogP contribution in [0.5, 0.6) is 0 Å². The van der Waals surface area contributed by atoms with Crippen LogP contribution in [0.2, 0.25) is 0 Å². The van der Waals surface area contributed by atoms with E-state index in [9.17, 15) is 9.59 Å². The number of aromatic nitrogens is 1. The number of carbonyl (C=O) groups is 2. The quantitative estimate of drug-likeness (QED) is 0.669. The SMILES string of the molecule is O=C1NC(=S)SC1=Cc1cccn1-c1ccc(C(=O)O)cc1. The topological polar surface area (TPSA) is 71.3 Å². The maximum atomic E-state index is 11.7. The number of benzene rings is 1. The van der Waals surface area contributed by atoms with Gasteiger partial charge in [-0.3, -0.25) is 4.79 Å². The largest absolute Gasteiger partial charge is 0.478 e. The number of rotatable bonds is 3. The molecule has 7 heteroatoms. The molecule has 2 heterocycles. The Kier molecular flexibility index (Phi) is 3.82. The number of aromatic carboxylic acids is 1. The first-order valence-electron chi connectivity index (χ1n) is 6.30. The van der Waals surface area contributed by atoms with Crippen LogP contribution < -0.4 is 5.32 Å². The molecule has 2 aromatic rings. The molecule has 1 aliphatic heterocycles. The van der Waals surface area contributed by atoms with Crippen LogP contribution in [0.3, 0.4) is 0 Å². The third-order valence-electron chi connectivity index (χ3n) is 3.09. The average molecular weight is 330 g/mol. The first-order chi connectivity index (χ1) is 10.5. The van der Waals surface area contributed by atoms with E-state index >= 15 is 0 Å². The molecule has 0 spiro atoms. The normalized spacial score (nSPS) is 16.1. The summed E-state index contributed by atoms with van der Waals surface area (Å²) in [4.78, 5) is 23.1. The predicted octanol–water partition coefficient (Wildman–Crippen LogP) is 2.66. The molecular formula is C15H10N2O3S2. The first kappa shape index (κ1) is 14.6. The lowest BCUT2D eigenvalue weighted by Crippen LogP contribution is -2.17. The van der Waals surface area contributed by atoms with Gasteiger partial charge in [-0.1, -0.05) is 24.0 Å². The Balaban J connectivity index is 1.95. The third kappa shape index (κ3) is 2.81. The fourth-order valence-corrected chi connectivity index (χ4v) is 3.10. The molecule has 1 aliphatic rings. The highest BCUT2D eigenvalue weighted by Crippen LogP contribution is 2.26. The monoisotopic (exact) mass is 330 g/mol. The van der Waals surface area contributed by atoms with E-state index in [2.05, 4.69) is 5.32 Å². The van der Waals surface area contributed by atoms with E-state index in [1.54, 1.807) is 30.3 Å². The van der Waals surface area contributed by atoms with E-state index in [1.165, 1.54) is 11.8 Å². The Morgan fingerprint density at radius 3 is 2.59 bits per heavy atom. The summed E-state index contributed by atoms with van der Waals surface area (Å²) in [7, 11) is 0. The van der Waals surface area contributed by atoms with Crippen LogP contribution in [0.4, 0.5) is 0 Å². The van der Waals surface area contributed by atoms with Crippen molar-refractivity contribution in [2.45, 2.75) is 0 Å². The van der Waals surface area contributed by atoms with Crippen molar-refractivity contribution < 1.29 is 14.7 Å². The van der Waals surface area contributed by atoms with Gasteiger partial charge in [0.15, 0.2) is 0 Å². The summed E-state index contributed by atoms with van der Waals surface area (Å²) in [6.07, 6.45) is 3.60. The zero-order valence-corrected chi connectivity index (χ0v) is 12.8. The molecule has 1 fully saturated rings. The number of thiocarbonyl (C=S) groups is 1. The van der Waals surface area contributed by atoms with Gasteiger partial charge in [-0.2, -0.15) is 0 Å². The van der Waals surface area contributed by atoms with Crippen LogP contribution in [0, 0.1) is 0 Å². The molecule has 1 aromatic carbocycles. The van der Waals surface area contributed by atoms with E-state index in [-0.39, 0.29) is 11.5 Å². The third-order valence-corrected chi connectivity index (χ3v) is 4.26. The van der Waals surface area contributed by atoms with Crippen LogP contribution in [-0.2, 0) is 4.79 Å². The zero-order chi connectivity index (χ0) is 15.7. The average Bonchev–Trinajstić information content (AvgIpc) is 3.06. The molecule has 0 atom stereocenters. The number of carbonyl (C=O) groups excluding carboxylic acids is 1. The summed E-state index contributed by atoms with van der Waals surface area (Å²) in [6.45, 7) is 0. The molecule has 3 rings (SSSR count). The summed E-state index contributed by atoms with van der Waals surface area (Å²) in [5, 5.41) is 11.5. The van der Waals surface area contributed by atoms with Crippen molar-refractivity contribution in [3.05, 3.63) is 58.8 Å². The number of nitrogens with one attached hydrogen (secondary N) is 1. The van der Waals surface area contributed by atoms with Crippen LogP contribution >= 0.6 is 24.0 Å². The number of carboxylic acid groups (broad SMARTS) is 1. The van der Waals surface area contributed by atoms with Crippen LogP contribution in [0.1, 0.15) is 16.1 Å². The second kappa shape index (κ2) is 5.78. The minimum Gasteiger partial charge on any atom is -0.478 e. The Morgan fingerprint density at radius 1 is 1.27 bits per heavy atom. The molecule has 0 bridgehead atoms. The van der Waals surface area contributed by atoms with Gasteiger partial charge < -0.3 is 15.0 Å². The lowest BCUT2D eigenvalue weighted by Gasteiger charge is -2.07. The number of thioether (sulfide) groups is 1. The molecule has 0 unspecified atom stereocenters. The minimum atomic E-state index is -0.964. The molecule has 1 aromatic heterocycles. The van der Waals surface area contributed by atoms with Crippen LogP contribution in [0.15, 0.2) is 47.5 Å². The van der Waals surface area contributed by atoms with Gasteiger partial charge in [0.25, 0.3) is 5.91 Å². The van der Waals surface area contributed by atoms with E-state index < -0.39 is 5.97 Å². The van der Waals surface area contributed by atoms with Crippen molar-refractivity contribution in [2.24, 2.45) is 0 Å². The fraction of sp³-hybridized carbons (Fsp3) is 0. The highest BCUT2D eigenvalue weighted by Gasteiger charge is 2.22. The molecule has 2 N–H and O–H groups in total. The van der Waals surface area contributed by atoms with Gasteiger partial charge in [0.1, 0.15) is 4.32 Å². The van der Waals surface area contributed by atoms with Gasteiger partial charge in [0.2, 0.25) is 0 Å². The van der Waals surface area contributed by atoms with Gasteiger partial charge in [-0.15, -0.1) is 0 Å². The smallest absolute Gasteiger partial charge is 0.335 e. The zero-order valence-electron chi connectivity index (χ0n) is 11.1. The summed E-state index contributed by atoms with van der Waals surface area (Å²) < 4.78 is 2.31. The van der Waals surface area contributed by atoms with Crippen molar-refractivity contribution in [2.75, 3.05) is 0 Å². The fourth-order valence-electron chi connectivity index (χ4n) is 2.07. The Bertz CT molecular complexity index is 806. The van der Waals surface area contributed by atoms with Crippen molar-refractivity contribution in [1.29, 1.82) is 0 Å². The Labute approximate surface area is 135 Å². The number of amides is 1. The van der Waals surface area contributed by atoms with Gasteiger partial charge in [-0.05, 0) is 42.5 Å². The highest BCUT2D eigenvalue weighted by molar-refractivity contribution is 8.26. The van der Waals surface area contributed by atoms with Gasteiger partial charge in [0, 0.05) is 17.6 Å². The number of nitrogens with zero attached hydrogens (tertiary/aromatic N) is 1. The maximum Gasteiger partial charge on any atom is 0.335 e. The summed E-state index contributed by atoms with van der Waals surface area (Å²) in [6, 6.07) is 10.2. The molecule has 0 radical (unpaired) electrons. The highest BCUT2D eigenvalue weighted by atomic mass is 32.2. The second-order valence-corrected chi connectivity index (χ2v) is 6.23. The van der Waals surface area contributed by atoms with E-state index in [1.807, 2.05) is 22.9 Å². The maximum absolute atomic E-state index is 11.7. The van der Waals surface area contributed by atoms with Gasteiger partial charge in [0.05, 0.1) is 10.5 Å². The summed E-state index contributed by atoms with van der Waals surface area (Å²) in [5.41, 5.74) is 1.85. The molecular weight excluding hydrogens is 320 g/mol. The van der Waals surface area contributed by atoms with Crippen LogP contribution in [0.25, 0.3) is 11.8 Å². The minimum absolute atomic E-state index is 0.205.